The number of carbonyl (C=O) groups is 2. The van der Waals surface area contributed by atoms with Crippen molar-refractivity contribution in [2.75, 3.05) is 19.0 Å². The lowest BCUT2D eigenvalue weighted by Gasteiger charge is -2.15. The molecule has 3 aromatic rings. The molecule has 3 aromatic carbocycles. The Morgan fingerprint density at radius 3 is 2.19 bits per heavy atom. The zero-order valence-electron chi connectivity index (χ0n) is 17.0. The molecule has 0 saturated carbocycles. The molecule has 0 atom stereocenters. The third-order valence-corrected chi connectivity index (χ3v) is 5.13. The number of hydrogen-bond acceptors (Lipinski definition) is 4. The van der Waals surface area contributed by atoms with Gasteiger partial charge in [-0.3, -0.25) is 14.5 Å². The van der Waals surface area contributed by atoms with Gasteiger partial charge >= 0.3 is 0 Å². The highest BCUT2D eigenvalue weighted by molar-refractivity contribution is 6.36. The van der Waals surface area contributed by atoms with E-state index < -0.39 is 0 Å². The van der Waals surface area contributed by atoms with Gasteiger partial charge in [0.15, 0.2) is 0 Å². The summed E-state index contributed by atoms with van der Waals surface area (Å²) in [6.45, 7) is 0.202. The largest absolute Gasteiger partial charge is 0.497 e. The number of halogens is 1. The molecule has 31 heavy (non-hydrogen) atoms. The minimum atomic E-state index is -0.387. The van der Waals surface area contributed by atoms with E-state index >= 15 is 0 Å². The van der Waals surface area contributed by atoms with Crippen LogP contribution in [0.2, 0.25) is 0 Å². The first-order valence-corrected chi connectivity index (χ1v) is 9.88. The SMILES string of the molecule is COc1ccc(NC2=C(c3ccccc3)C(=O)N(CCc3ccc(F)cc3)C2=O)cc1. The van der Waals surface area contributed by atoms with Gasteiger partial charge in [0.1, 0.15) is 17.3 Å². The molecule has 0 bridgehead atoms. The first-order chi connectivity index (χ1) is 15.1. The average molecular weight is 416 g/mol. The summed E-state index contributed by atoms with van der Waals surface area (Å²) in [5.41, 5.74) is 2.76. The van der Waals surface area contributed by atoms with Crippen molar-refractivity contribution in [3.05, 3.63) is 102 Å². The van der Waals surface area contributed by atoms with Gasteiger partial charge in [-0.2, -0.15) is 0 Å². The normalized spacial score (nSPS) is 13.7. The lowest BCUT2D eigenvalue weighted by atomic mass is 10.0. The summed E-state index contributed by atoms with van der Waals surface area (Å²) in [5, 5.41) is 3.12. The van der Waals surface area contributed by atoms with Gasteiger partial charge in [0.25, 0.3) is 11.8 Å². The second-order valence-corrected chi connectivity index (χ2v) is 7.11. The number of benzene rings is 3. The zero-order chi connectivity index (χ0) is 21.8. The minimum Gasteiger partial charge on any atom is -0.497 e. The topological polar surface area (TPSA) is 58.6 Å². The van der Waals surface area contributed by atoms with Crippen molar-refractivity contribution >= 4 is 23.1 Å². The van der Waals surface area contributed by atoms with Crippen LogP contribution < -0.4 is 10.1 Å². The van der Waals surface area contributed by atoms with Crippen LogP contribution in [0.15, 0.2) is 84.6 Å². The molecule has 1 aliphatic rings. The summed E-state index contributed by atoms with van der Waals surface area (Å²) in [7, 11) is 1.58. The van der Waals surface area contributed by atoms with E-state index in [4.69, 9.17) is 4.74 Å². The fourth-order valence-electron chi connectivity index (χ4n) is 3.48. The number of nitrogens with one attached hydrogen (secondary N) is 1. The number of methoxy groups -OCH3 is 1. The number of carbonyl (C=O) groups excluding carboxylic acids is 2. The van der Waals surface area contributed by atoms with Crippen molar-refractivity contribution in [1.29, 1.82) is 0 Å². The predicted octanol–water partition coefficient (Wildman–Crippen LogP) is 4.27. The Kier molecular flexibility index (Phi) is 5.80. The van der Waals surface area contributed by atoms with Crippen LogP contribution in [0.1, 0.15) is 11.1 Å². The van der Waals surface area contributed by atoms with Gasteiger partial charge in [0, 0.05) is 12.2 Å². The fourth-order valence-corrected chi connectivity index (χ4v) is 3.48. The van der Waals surface area contributed by atoms with E-state index in [9.17, 15) is 14.0 Å². The van der Waals surface area contributed by atoms with Gasteiger partial charge in [-0.25, -0.2) is 4.39 Å². The molecule has 1 heterocycles. The molecule has 1 N–H and O–H groups in total. The number of imide groups is 1. The van der Waals surface area contributed by atoms with E-state index in [2.05, 4.69) is 5.32 Å². The van der Waals surface area contributed by atoms with Crippen LogP contribution in [0.3, 0.4) is 0 Å². The van der Waals surface area contributed by atoms with E-state index in [1.807, 2.05) is 18.2 Å². The second-order valence-electron chi connectivity index (χ2n) is 7.11. The Labute approximate surface area is 179 Å². The summed E-state index contributed by atoms with van der Waals surface area (Å²) >= 11 is 0. The highest BCUT2D eigenvalue weighted by Gasteiger charge is 2.38. The molecule has 0 saturated heterocycles. The first-order valence-electron chi connectivity index (χ1n) is 9.88. The Morgan fingerprint density at radius 2 is 1.55 bits per heavy atom. The summed E-state index contributed by atoms with van der Waals surface area (Å²) in [4.78, 5) is 27.7. The van der Waals surface area contributed by atoms with Gasteiger partial charge in [0.05, 0.1) is 12.7 Å². The molecule has 6 heteroatoms. The van der Waals surface area contributed by atoms with E-state index in [0.717, 1.165) is 5.56 Å². The number of nitrogens with zero attached hydrogens (tertiary/aromatic N) is 1. The third-order valence-electron chi connectivity index (χ3n) is 5.13. The second kappa shape index (κ2) is 8.83. The van der Waals surface area contributed by atoms with Crippen LogP contribution in [0, 0.1) is 5.82 Å². The van der Waals surface area contributed by atoms with Crippen molar-refractivity contribution in [1.82, 2.24) is 4.90 Å². The molecule has 0 fully saturated rings. The molecule has 0 unspecified atom stereocenters. The molecule has 0 radical (unpaired) electrons. The van der Waals surface area contributed by atoms with Crippen LogP contribution in [-0.2, 0) is 16.0 Å². The maximum atomic E-state index is 13.2. The van der Waals surface area contributed by atoms with E-state index in [-0.39, 0.29) is 29.9 Å². The molecule has 5 nitrogen and oxygen atoms in total. The minimum absolute atomic E-state index is 0.202. The summed E-state index contributed by atoms with van der Waals surface area (Å²) in [6, 6.07) is 22.3. The average Bonchev–Trinajstić information content (AvgIpc) is 3.03. The molecule has 0 aromatic heterocycles. The first kappa shape index (κ1) is 20.3. The molecule has 0 spiro atoms. The quantitative estimate of drug-likeness (QED) is 0.585. The number of hydrogen-bond donors (Lipinski definition) is 1. The van der Waals surface area contributed by atoms with Gasteiger partial charge in [0.2, 0.25) is 0 Å². The van der Waals surface area contributed by atoms with Crippen molar-refractivity contribution in [2.24, 2.45) is 0 Å². The Bertz CT molecular complexity index is 1120. The fraction of sp³-hybridized carbons (Fsp3) is 0.120. The van der Waals surface area contributed by atoms with Gasteiger partial charge < -0.3 is 10.1 Å². The molecule has 156 valence electrons. The predicted molar refractivity (Wildman–Crippen MR) is 117 cm³/mol. The summed E-state index contributed by atoms with van der Waals surface area (Å²) in [6.07, 6.45) is 0.440. The number of ether oxygens (including phenoxy) is 1. The van der Waals surface area contributed by atoms with Crippen molar-refractivity contribution in [3.8, 4) is 5.75 Å². The van der Waals surface area contributed by atoms with Crippen LogP contribution in [0.25, 0.3) is 5.57 Å². The lowest BCUT2D eigenvalue weighted by molar-refractivity contribution is -0.136. The number of amides is 2. The Balaban J connectivity index is 1.62. The highest BCUT2D eigenvalue weighted by atomic mass is 19.1. The molecule has 4 rings (SSSR count). The third kappa shape index (κ3) is 4.33. The Morgan fingerprint density at radius 1 is 0.871 bits per heavy atom. The smallest absolute Gasteiger partial charge is 0.278 e. The monoisotopic (exact) mass is 416 g/mol. The van der Waals surface area contributed by atoms with Crippen molar-refractivity contribution in [2.45, 2.75) is 6.42 Å². The molecule has 2 amide bonds. The van der Waals surface area contributed by atoms with Crippen molar-refractivity contribution in [3.63, 3.8) is 0 Å². The van der Waals surface area contributed by atoms with Crippen LogP contribution in [0.4, 0.5) is 10.1 Å². The maximum Gasteiger partial charge on any atom is 0.278 e. The lowest BCUT2D eigenvalue weighted by Crippen LogP contribution is -2.34. The van der Waals surface area contributed by atoms with Crippen LogP contribution in [-0.4, -0.2) is 30.4 Å². The van der Waals surface area contributed by atoms with E-state index in [1.54, 1.807) is 55.6 Å². The molecule has 1 aliphatic heterocycles. The zero-order valence-corrected chi connectivity index (χ0v) is 17.0. The standard InChI is InChI=1S/C25H21FN2O3/c1-31-21-13-11-20(12-14-21)27-23-22(18-5-3-2-4-6-18)24(29)28(25(23)30)16-15-17-7-9-19(26)10-8-17/h2-14,27H,15-16H2,1H3. The highest BCUT2D eigenvalue weighted by Crippen LogP contribution is 2.31. The van der Waals surface area contributed by atoms with Gasteiger partial charge in [-0.05, 0) is 53.9 Å². The maximum absolute atomic E-state index is 13.2. The molecular weight excluding hydrogens is 395 g/mol. The van der Waals surface area contributed by atoms with Crippen LogP contribution >= 0.6 is 0 Å². The molecular formula is C25H21FN2O3. The molecule has 0 aliphatic carbocycles. The number of anilines is 1. The van der Waals surface area contributed by atoms with Crippen LogP contribution in [0.5, 0.6) is 5.75 Å². The summed E-state index contributed by atoms with van der Waals surface area (Å²) < 4.78 is 18.3. The Hall–Kier alpha value is -3.93. The van der Waals surface area contributed by atoms with E-state index in [1.165, 1.54) is 17.0 Å². The summed E-state index contributed by atoms with van der Waals surface area (Å²) in [5.74, 6) is -0.371. The number of rotatable bonds is 7. The van der Waals surface area contributed by atoms with Gasteiger partial charge in [-0.1, -0.05) is 42.5 Å². The van der Waals surface area contributed by atoms with E-state index in [0.29, 0.717) is 29.0 Å². The van der Waals surface area contributed by atoms with Gasteiger partial charge in [-0.15, -0.1) is 0 Å². The van der Waals surface area contributed by atoms with Crippen molar-refractivity contribution < 1.29 is 18.7 Å².